The molecule has 0 bridgehead atoms. The molecule has 0 saturated carbocycles. The van der Waals surface area contributed by atoms with Crippen molar-refractivity contribution in [3.05, 3.63) is 58.7 Å². The molecule has 0 aliphatic heterocycles. The molecule has 5 heteroatoms. The first-order valence-electron chi connectivity index (χ1n) is 5.83. The van der Waals surface area contributed by atoms with Crippen LogP contribution in [0.5, 0.6) is 5.75 Å². The van der Waals surface area contributed by atoms with Crippen LogP contribution in [0.15, 0.2) is 53.1 Å². The van der Waals surface area contributed by atoms with E-state index in [0.29, 0.717) is 27.3 Å². The standard InChI is InChI=1S/C15H9Cl2NO2/c16-11-5-10(6-12(17)7-11)15-18-8-14(20-15)9-1-3-13(19)4-2-9/h1-8,19H. The van der Waals surface area contributed by atoms with Gasteiger partial charge in [-0.25, -0.2) is 4.98 Å². The summed E-state index contributed by atoms with van der Waals surface area (Å²) in [7, 11) is 0. The lowest BCUT2D eigenvalue weighted by Crippen LogP contribution is -1.77. The van der Waals surface area contributed by atoms with E-state index in [-0.39, 0.29) is 5.75 Å². The Morgan fingerprint density at radius 1 is 0.900 bits per heavy atom. The molecule has 1 heterocycles. The van der Waals surface area contributed by atoms with Crippen LogP contribution in [0.25, 0.3) is 22.8 Å². The van der Waals surface area contributed by atoms with Gasteiger partial charge in [0.25, 0.3) is 0 Å². The van der Waals surface area contributed by atoms with E-state index >= 15 is 0 Å². The number of hydrogen-bond donors (Lipinski definition) is 1. The van der Waals surface area contributed by atoms with Crippen molar-refractivity contribution in [2.75, 3.05) is 0 Å². The van der Waals surface area contributed by atoms with Gasteiger partial charge in [-0.15, -0.1) is 0 Å². The fourth-order valence-corrected chi connectivity index (χ4v) is 2.37. The lowest BCUT2D eigenvalue weighted by molar-refractivity contribution is 0.475. The predicted octanol–water partition coefficient (Wildman–Crippen LogP) is 5.02. The smallest absolute Gasteiger partial charge is 0.226 e. The lowest BCUT2D eigenvalue weighted by atomic mass is 10.2. The third-order valence-electron chi connectivity index (χ3n) is 2.77. The molecular formula is C15H9Cl2NO2. The molecule has 0 spiro atoms. The van der Waals surface area contributed by atoms with Crippen molar-refractivity contribution in [2.24, 2.45) is 0 Å². The monoisotopic (exact) mass is 305 g/mol. The number of aromatic nitrogens is 1. The van der Waals surface area contributed by atoms with Gasteiger partial charge in [0.2, 0.25) is 5.89 Å². The van der Waals surface area contributed by atoms with E-state index in [0.717, 1.165) is 5.56 Å². The maximum atomic E-state index is 9.27. The molecule has 1 N–H and O–H groups in total. The highest BCUT2D eigenvalue weighted by atomic mass is 35.5. The average molecular weight is 306 g/mol. The quantitative estimate of drug-likeness (QED) is 0.723. The molecule has 0 amide bonds. The second-order valence-electron chi connectivity index (χ2n) is 4.23. The number of phenolic OH excluding ortho intramolecular Hbond substituents is 1. The van der Waals surface area contributed by atoms with Gasteiger partial charge in [-0.1, -0.05) is 23.2 Å². The van der Waals surface area contributed by atoms with E-state index in [1.807, 2.05) is 0 Å². The van der Waals surface area contributed by atoms with Crippen molar-refractivity contribution in [1.29, 1.82) is 0 Å². The average Bonchev–Trinajstić information content (AvgIpc) is 2.88. The van der Waals surface area contributed by atoms with Gasteiger partial charge in [-0.2, -0.15) is 0 Å². The van der Waals surface area contributed by atoms with Crippen molar-refractivity contribution in [2.45, 2.75) is 0 Å². The summed E-state index contributed by atoms with van der Waals surface area (Å²) in [5.74, 6) is 1.25. The second kappa shape index (κ2) is 5.19. The van der Waals surface area contributed by atoms with Crippen LogP contribution in [-0.4, -0.2) is 10.1 Å². The van der Waals surface area contributed by atoms with E-state index in [4.69, 9.17) is 27.6 Å². The van der Waals surface area contributed by atoms with Gasteiger partial charge in [0.15, 0.2) is 5.76 Å². The van der Waals surface area contributed by atoms with Crippen molar-refractivity contribution in [1.82, 2.24) is 4.98 Å². The highest BCUT2D eigenvalue weighted by molar-refractivity contribution is 6.35. The van der Waals surface area contributed by atoms with Crippen LogP contribution in [0.4, 0.5) is 0 Å². The Balaban J connectivity index is 1.99. The van der Waals surface area contributed by atoms with Gasteiger partial charge in [-0.05, 0) is 42.5 Å². The van der Waals surface area contributed by atoms with Crippen molar-refractivity contribution >= 4 is 23.2 Å². The van der Waals surface area contributed by atoms with Crippen LogP contribution in [0, 0.1) is 0 Å². The Morgan fingerprint density at radius 3 is 2.20 bits per heavy atom. The Hall–Kier alpha value is -1.97. The fraction of sp³-hybridized carbons (Fsp3) is 0. The molecule has 20 heavy (non-hydrogen) atoms. The maximum Gasteiger partial charge on any atom is 0.226 e. The van der Waals surface area contributed by atoms with Gasteiger partial charge in [0.1, 0.15) is 5.75 Å². The van der Waals surface area contributed by atoms with E-state index in [9.17, 15) is 5.11 Å². The summed E-state index contributed by atoms with van der Waals surface area (Å²) in [4.78, 5) is 4.22. The number of phenols is 1. The van der Waals surface area contributed by atoms with Crippen LogP contribution in [0.2, 0.25) is 10.0 Å². The molecule has 1 aromatic heterocycles. The van der Waals surface area contributed by atoms with Crippen LogP contribution in [0.3, 0.4) is 0 Å². The van der Waals surface area contributed by atoms with E-state index in [1.54, 1.807) is 48.7 Å². The molecule has 0 fully saturated rings. The number of halogens is 2. The van der Waals surface area contributed by atoms with E-state index < -0.39 is 0 Å². The minimum absolute atomic E-state index is 0.204. The van der Waals surface area contributed by atoms with Crippen molar-refractivity contribution in [3.8, 4) is 28.5 Å². The van der Waals surface area contributed by atoms with Crippen LogP contribution >= 0.6 is 23.2 Å². The molecule has 0 radical (unpaired) electrons. The second-order valence-corrected chi connectivity index (χ2v) is 5.11. The van der Waals surface area contributed by atoms with E-state index in [2.05, 4.69) is 4.98 Å². The molecule has 3 rings (SSSR count). The topological polar surface area (TPSA) is 46.3 Å². The van der Waals surface area contributed by atoms with Gasteiger partial charge >= 0.3 is 0 Å². The number of benzene rings is 2. The van der Waals surface area contributed by atoms with Crippen LogP contribution in [0.1, 0.15) is 0 Å². The molecule has 3 nitrogen and oxygen atoms in total. The first-order valence-corrected chi connectivity index (χ1v) is 6.59. The predicted molar refractivity (Wildman–Crippen MR) is 79.1 cm³/mol. The first-order chi connectivity index (χ1) is 9.61. The van der Waals surface area contributed by atoms with Crippen molar-refractivity contribution in [3.63, 3.8) is 0 Å². The zero-order valence-corrected chi connectivity index (χ0v) is 11.7. The molecule has 0 aliphatic rings. The van der Waals surface area contributed by atoms with Gasteiger partial charge in [0.05, 0.1) is 6.20 Å². The summed E-state index contributed by atoms with van der Waals surface area (Å²) < 4.78 is 5.70. The summed E-state index contributed by atoms with van der Waals surface area (Å²) in [5.41, 5.74) is 1.54. The number of hydrogen-bond acceptors (Lipinski definition) is 3. The number of rotatable bonds is 2. The van der Waals surface area contributed by atoms with Gasteiger partial charge in [0, 0.05) is 21.2 Å². The lowest BCUT2D eigenvalue weighted by Gasteiger charge is -1.99. The minimum atomic E-state index is 0.204. The van der Waals surface area contributed by atoms with Crippen molar-refractivity contribution < 1.29 is 9.52 Å². The van der Waals surface area contributed by atoms with Gasteiger partial charge in [-0.3, -0.25) is 0 Å². The molecule has 100 valence electrons. The molecule has 0 aliphatic carbocycles. The molecule has 2 aromatic carbocycles. The summed E-state index contributed by atoms with van der Waals surface area (Å²) in [6.07, 6.45) is 1.62. The Morgan fingerprint density at radius 2 is 1.55 bits per heavy atom. The number of oxazole rings is 1. The Labute approximate surface area is 125 Å². The van der Waals surface area contributed by atoms with Gasteiger partial charge < -0.3 is 9.52 Å². The van der Waals surface area contributed by atoms with Crippen LogP contribution < -0.4 is 0 Å². The Bertz CT molecular complexity index is 731. The van der Waals surface area contributed by atoms with E-state index in [1.165, 1.54) is 0 Å². The summed E-state index contributed by atoms with van der Waals surface area (Å²) >= 11 is 11.9. The zero-order valence-electron chi connectivity index (χ0n) is 10.2. The number of nitrogens with zero attached hydrogens (tertiary/aromatic N) is 1. The van der Waals surface area contributed by atoms with Crippen LogP contribution in [-0.2, 0) is 0 Å². The Kier molecular flexibility index (Phi) is 3.38. The zero-order chi connectivity index (χ0) is 14.1. The SMILES string of the molecule is Oc1ccc(-c2cnc(-c3cc(Cl)cc(Cl)c3)o2)cc1. The molecule has 0 unspecified atom stereocenters. The first kappa shape index (κ1) is 13.0. The highest BCUT2D eigenvalue weighted by Gasteiger charge is 2.10. The molecular weight excluding hydrogens is 297 g/mol. The molecule has 0 saturated heterocycles. The maximum absolute atomic E-state index is 9.27. The third-order valence-corrected chi connectivity index (χ3v) is 3.20. The highest BCUT2D eigenvalue weighted by Crippen LogP contribution is 2.30. The summed E-state index contributed by atoms with van der Waals surface area (Å²) in [5, 5.41) is 10.3. The third kappa shape index (κ3) is 2.64. The minimum Gasteiger partial charge on any atom is -0.508 e. The fourth-order valence-electron chi connectivity index (χ4n) is 1.84. The normalized spacial score (nSPS) is 10.7. The number of aromatic hydroxyl groups is 1. The molecule has 3 aromatic rings. The summed E-state index contributed by atoms with van der Waals surface area (Å²) in [6.45, 7) is 0. The largest absolute Gasteiger partial charge is 0.508 e. The molecule has 0 atom stereocenters. The summed E-state index contributed by atoms with van der Waals surface area (Å²) in [6, 6.07) is 11.8.